The number of hydrogen-bond donors (Lipinski definition) is 1. The average Bonchev–Trinajstić information content (AvgIpc) is 2.16. The van der Waals surface area contributed by atoms with Crippen molar-refractivity contribution in [2.24, 2.45) is 0 Å². The number of rotatable bonds is 7. The second-order valence-electron chi connectivity index (χ2n) is 2.59. The molecule has 0 aliphatic heterocycles. The summed E-state index contributed by atoms with van der Waals surface area (Å²) in [5.74, 6) is 0. The van der Waals surface area contributed by atoms with Gasteiger partial charge in [0, 0.05) is 14.2 Å². The number of nitrogens with one attached hydrogen (secondary N) is 1. The summed E-state index contributed by atoms with van der Waals surface area (Å²) < 4.78 is 9.82. The van der Waals surface area contributed by atoms with E-state index in [2.05, 4.69) is 10.2 Å². The normalized spacial score (nSPS) is 12.5. The van der Waals surface area contributed by atoms with Crippen LogP contribution in [0.25, 0.3) is 0 Å². The molecule has 1 N–H and O–H groups in total. The second kappa shape index (κ2) is 6.25. The average molecular weight is 193 g/mol. The van der Waals surface area contributed by atoms with Crippen molar-refractivity contribution in [2.45, 2.75) is 5.66 Å². The van der Waals surface area contributed by atoms with Crippen molar-refractivity contribution in [3.05, 3.63) is 5.21 Å². The van der Waals surface area contributed by atoms with Crippen LogP contribution in [0.3, 0.4) is 0 Å². The molecule has 0 heterocycles. The van der Waals surface area contributed by atoms with Crippen LogP contribution in [0.4, 0.5) is 0 Å². The topological polar surface area (TPSA) is 66.0 Å². The first kappa shape index (κ1) is 12.8. The van der Waals surface area contributed by atoms with E-state index in [1.165, 1.54) is 21.3 Å². The van der Waals surface area contributed by atoms with E-state index in [0.717, 1.165) is 0 Å². The molecule has 0 aliphatic rings. The van der Waals surface area contributed by atoms with Gasteiger partial charge in [0.1, 0.15) is 5.66 Å². The van der Waals surface area contributed by atoms with Gasteiger partial charge < -0.3 is 19.5 Å². The minimum Gasteiger partial charge on any atom is -0.760 e. The third-order valence-corrected chi connectivity index (χ3v) is 1.75. The van der Waals surface area contributed by atoms with Gasteiger partial charge in [0.05, 0.1) is 20.3 Å². The molecule has 13 heavy (non-hydrogen) atoms. The fourth-order valence-electron chi connectivity index (χ4n) is 1.04. The zero-order valence-corrected chi connectivity index (χ0v) is 8.49. The van der Waals surface area contributed by atoms with E-state index in [0.29, 0.717) is 5.23 Å². The highest BCUT2D eigenvalue weighted by Crippen LogP contribution is 2.11. The quantitative estimate of drug-likeness (QED) is 0.436. The number of hydroxylamine groups is 2. The highest BCUT2D eigenvalue weighted by atomic mass is 16.9. The molecule has 0 bridgehead atoms. The molecule has 0 aromatic heterocycles. The molecule has 80 valence electrons. The summed E-state index contributed by atoms with van der Waals surface area (Å²) in [7, 11) is 5.95. The third-order valence-electron chi connectivity index (χ3n) is 1.75. The van der Waals surface area contributed by atoms with E-state index in [9.17, 15) is 5.21 Å². The highest BCUT2D eigenvalue weighted by Gasteiger charge is 2.30. The van der Waals surface area contributed by atoms with Crippen molar-refractivity contribution >= 4 is 0 Å². The zero-order valence-electron chi connectivity index (χ0n) is 8.49. The largest absolute Gasteiger partial charge is 0.760 e. The number of ether oxygens (including phenoxy) is 2. The van der Waals surface area contributed by atoms with Gasteiger partial charge in [-0.25, -0.2) is 5.23 Å². The number of nitrogens with zero attached hydrogens (tertiary/aromatic N) is 1. The van der Waals surface area contributed by atoms with Crippen molar-refractivity contribution in [3.8, 4) is 0 Å². The Labute approximate surface area is 78.3 Å². The molecule has 0 unspecified atom stereocenters. The van der Waals surface area contributed by atoms with Crippen LogP contribution in [0.1, 0.15) is 0 Å². The second-order valence-corrected chi connectivity index (χ2v) is 2.59. The van der Waals surface area contributed by atoms with Gasteiger partial charge >= 0.3 is 0 Å². The molecule has 0 rings (SSSR count). The van der Waals surface area contributed by atoms with Gasteiger partial charge in [0.2, 0.25) is 0 Å². The highest BCUT2D eigenvalue weighted by molar-refractivity contribution is 4.83. The summed E-state index contributed by atoms with van der Waals surface area (Å²) >= 11 is 0. The number of methoxy groups -OCH3 is 2. The SMILES string of the molecule is CNC(COC)(COC)N([O-])OC. The van der Waals surface area contributed by atoms with E-state index < -0.39 is 5.66 Å². The Bertz CT molecular complexity index is 128. The van der Waals surface area contributed by atoms with Crippen LogP contribution in [-0.2, 0) is 14.3 Å². The monoisotopic (exact) mass is 193 g/mol. The van der Waals surface area contributed by atoms with Crippen molar-refractivity contribution < 1.29 is 14.3 Å². The minimum absolute atomic E-state index is 0.175. The van der Waals surface area contributed by atoms with E-state index in [1.54, 1.807) is 7.05 Å². The Morgan fingerprint density at radius 3 is 1.92 bits per heavy atom. The van der Waals surface area contributed by atoms with E-state index in [-0.39, 0.29) is 13.2 Å². The molecular formula is C7H17N2O4-. The third kappa shape index (κ3) is 3.18. The van der Waals surface area contributed by atoms with Crippen molar-refractivity contribution in [2.75, 3.05) is 41.6 Å². The fraction of sp³-hybridized carbons (Fsp3) is 1.00. The lowest BCUT2D eigenvalue weighted by atomic mass is 10.2. The smallest absolute Gasteiger partial charge is 0.129 e. The molecule has 0 aromatic carbocycles. The Morgan fingerprint density at radius 2 is 1.69 bits per heavy atom. The maximum Gasteiger partial charge on any atom is 0.129 e. The Kier molecular flexibility index (Phi) is 6.13. The van der Waals surface area contributed by atoms with Gasteiger partial charge in [-0.05, 0) is 7.05 Å². The van der Waals surface area contributed by atoms with E-state index >= 15 is 0 Å². The Morgan fingerprint density at radius 1 is 1.23 bits per heavy atom. The fourth-order valence-corrected chi connectivity index (χ4v) is 1.04. The Balaban J connectivity index is 4.42. The molecule has 6 heteroatoms. The standard InChI is InChI=1S/C7H17N2O4/c1-8-7(5-11-2,6-12-3)9(10)13-4/h8H,5-6H2,1-4H3/q-1. The predicted molar refractivity (Wildman–Crippen MR) is 47.8 cm³/mol. The molecule has 0 aliphatic carbocycles. The first-order chi connectivity index (χ1) is 6.16. The summed E-state index contributed by atoms with van der Waals surface area (Å²) in [4.78, 5) is 4.57. The van der Waals surface area contributed by atoms with Crippen LogP contribution in [0, 0.1) is 5.21 Å². The molecule has 0 radical (unpaired) electrons. The summed E-state index contributed by atoms with van der Waals surface area (Å²) in [6.07, 6.45) is 0. The molecule has 0 atom stereocenters. The van der Waals surface area contributed by atoms with Gasteiger partial charge in [-0.1, -0.05) is 0 Å². The van der Waals surface area contributed by atoms with E-state index in [1.807, 2.05) is 0 Å². The van der Waals surface area contributed by atoms with Gasteiger partial charge in [-0.3, -0.25) is 5.32 Å². The lowest BCUT2D eigenvalue weighted by Crippen LogP contribution is -2.61. The van der Waals surface area contributed by atoms with Gasteiger partial charge in [0.15, 0.2) is 0 Å². The van der Waals surface area contributed by atoms with Crippen molar-refractivity contribution in [1.82, 2.24) is 10.5 Å². The van der Waals surface area contributed by atoms with Gasteiger partial charge in [-0.2, -0.15) is 0 Å². The van der Waals surface area contributed by atoms with Crippen LogP contribution in [0.15, 0.2) is 0 Å². The molecule has 0 saturated heterocycles. The lowest BCUT2D eigenvalue weighted by Gasteiger charge is -2.45. The zero-order chi connectivity index (χ0) is 10.3. The lowest BCUT2D eigenvalue weighted by molar-refractivity contribution is -0.205. The molecule has 0 fully saturated rings. The summed E-state index contributed by atoms with van der Waals surface area (Å²) in [5, 5.41) is 14.6. The predicted octanol–water partition coefficient (Wildman–Crippen LogP) is -0.444. The summed E-state index contributed by atoms with van der Waals surface area (Å²) in [5.41, 5.74) is -0.988. The molecule has 0 saturated carbocycles. The number of hydrogen-bond acceptors (Lipinski definition) is 6. The van der Waals surface area contributed by atoms with Crippen LogP contribution < -0.4 is 5.32 Å². The maximum atomic E-state index is 11.3. The summed E-state index contributed by atoms with van der Waals surface area (Å²) in [6, 6.07) is 0. The van der Waals surface area contributed by atoms with Crippen LogP contribution >= 0.6 is 0 Å². The first-order valence-corrected chi connectivity index (χ1v) is 3.85. The molecule has 0 amide bonds. The Hall–Kier alpha value is -0.240. The van der Waals surface area contributed by atoms with Crippen LogP contribution in [-0.4, -0.2) is 52.5 Å². The summed E-state index contributed by atoms with van der Waals surface area (Å²) in [6.45, 7) is 0.351. The molecular weight excluding hydrogens is 176 g/mol. The van der Waals surface area contributed by atoms with Crippen LogP contribution in [0.2, 0.25) is 0 Å². The molecule has 0 spiro atoms. The van der Waals surface area contributed by atoms with Gasteiger partial charge in [-0.15, -0.1) is 0 Å². The van der Waals surface area contributed by atoms with Crippen molar-refractivity contribution in [1.29, 1.82) is 0 Å². The van der Waals surface area contributed by atoms with E-state index in [4.69, 9.17) is 9.47 Å². The minimum atomic E-state index is -0.988. The first-order valence-electron chi connectivity index (χ1n) is 3.85. The molecule has 6 nitrogen and oxygen atoms in total. The number of likely N-dealkylation sites (N-methyl/N-ethyl adjacent to an activating group) is 1. The van der Waals surface area contributed by atoms with Crippen molar-refractivity contribution in [3.63, 3.8) is 0 Å². The van der Waals surface area contributed by atoms with Crippen LogP contribution in [0.5, 0.6) is 0 Å². The molecule has 0 aromatic rings. The van der Waals surface area contributed by atoms with Gasteiger partial charge in [0.25, 0.3) is 0 Å². The maximum absolute atomic E-state index is 11.3.